The molecule has 0 atom stereocenters. The van der Waals surface area contributed by atoms with Crippen LogP contribution < -0.4 is 8.37 Å². The number of nitro groups is 2. The van der Waals surface area contributed by atoms with Gasteiger partial charge in [0.2, 0.25) is 0 Å². The quantitative estimate of drug-likeness (QED) is 0.0787. The standard InChI is InChI=1S/C37H24N2O10S2/c40-38(41)27-13-21-31(22-14-27)50(44,45)48-29-17-9-25(10-18-29)37(35-7-3-1-5-33(35)34-6-2-4-8-36(34)37)26-11-19-30(20-12-26)49-51(46,47)32-23-15-28(16-24-32)39(42)43/h1-24H. The molecular formula is C37H24N2O10S2. The van der Waals surface area contributed by atoms with Crippen LogP contribution in [0.2, 0.25) is 0 Å². The Morgan fingerprint density at radius 3 is 1.12 bits per heavy atom. The number of nitrogens with zero attached hydrogens (tertiary/aromatic N) is 2. The van der Waals surface area contributed by atoms with Gasteiger partial charge >= 0.3 is 20.2 Å². The molecule has 12 nitrogen and oxygen atoms in total. The smallest absolute Gasteiger partial charge is 0.339 e. The summed E-state index contributed by atoms with van der Waals surface area (Å²) in [5, 5.41) is 22.0. The second-order valence-electron chi connectivity index (χ2n) is 11.5. The van der Waals surface area contributed by atoms with Crippen molar-refractivity contribution in [2.45, 2.75) is 15.2 Å². The molecule has 0 saturated heterocycles. The number of hydrogen-bond donors (Lipinski definition) is 0. The molecule has 0 aliphatic heterocycles. The van der Waals surface area contributed by atoms with E-state index in [1.807, 2.05) is 48.5 Å². The van der Waals surface area contributed by atoms with Crippen molar-refractivity contribution in [3.8, 4) is 22.6 Å². The third kappa shape index (κ3) is 5.85. The lowest BCUT2D eigenvalue weighted by Gasteiger charge is -2.34. The van der Waals surface area contributed by atoms with Crippen LogP contribution in [0, 0.1) is 20.2 Å². The molecule has 0 spiro atoms. The van der Waals surface area contributed by atoms with Crippen molar-refractivity contribution >= 4 is 31.6 Å². The largest absolute Gasteiger partial charge is 0.379 e. The van der Waals surface area contributed by atoms with Gasteiger partial charge in [-0.1, -0.05) is 72.8 Å². The molecule has 0 heterocycles. The SMILES string of the molecule is O=[N+]([O-])c1ccc(S(=O)(=O)Oc2ccc(C3(c4ccc(OS(=O)(=O)c5ccc([N+](=O)[O-])cc5)cc4)c4ccccc4-c4ccccc43)cc2)cc1. The summed E-state index contributed by atoms with van der Waals surface area (Å²) >= 11 is 0. The van der Waals surface area contributed by atoms with E-state index >= 15 is 0 Å². The highest BCUT2D eigenvalue weighted by molar-refractivity contribution is 7.87. The highest BCUT2D eigenvalue weighted by Crippen LogP contribution is 2.56. The molecule has 0 N–H and O–H groups in total. The third-order valence-electron chi connectivity index (χ3n) is 8.61. The minimum Gasteiger partial charge on any atom is -0.379 e. The molecule has 14 heteroatoms. The van der Waals surface area contributed by atoms with Crippen LogP contribution in [0.25, 0.3) is 11.1 Å². The molecule has 1 aliphatic carbocycles. The number of hydrogen-bond acceptors (Lipinski definition) is 10. The lowest BCUT2D eigenvalue weighted by atomic mass is 9.68. The lowest BCUT2D eigenvalue weighted by molar-refractivity contribution is -0.385. The fourth-order valence-electron chi connectivity index (χ4n) is 6.36. The Morgan fingerprint density at radius 2 is 0.784 bits per heavy atom. The molecule has 0 fully saturated rings. The summed E-state index contributed by atoms with van der Waals surface area (Å²) in [7, 11) is -8.63. The van der Waals surface area contributed by atoms with Gasteiger partial charge in [-0.15, -0.1) is 0 Å². The zero-order valence-corrected chi connectivity index (χ0v) is 27.8. The Labute approximate surface area is 291 Å². The first-order valence-corrected chi connectivity index (χ1v) is 18.0. The molecule has 51 heavy (non-hydrogen) atoms. The van der Waals surface area contributed by atoms with E-state index in [1.54, 1.807) is 24.3 Å². The predicted molar refractivity (Wildman–Crippen MR) is 186 cm³/mol. The van der Waals surface area contributed by atoms with E-state index < -0.39 is 35.5 Å². The summed E-state index contributed by atoms with van der Waals surface area (Å²) in [6, 6.07) is 37.6. The van der Waals surface area contributed by atoms with Gasteiger partial charge < -0.3 is 8.37 Å². The van der Waals surface area contributed by atoms with Crippen LogP contribution in [-0.2, 0) is 25.7 Å². The third-order valence-corrected chi connectivity index (χ3v) is 11.1. The molecular weight excluding hydrogens is 697 g/mol. The predicted octanol–water partition coefficient (Wildman–Crippen LogP) is 7.40. The zero-order valence-electron chi connectivity index (χ0n) is 26.1. The monoisotopic (exact) mass is 720 g/mol. The summed E-state index contributed by atoms with van der Waals surface area (Å²) in [5.41, 5.74) is 3.90. The van der Waals surface area contributed by atoms with E-state index in [2.05, 4.69) is 0 Å². The number of benzene rings is 6. The molecule has 0 unspecified atom stereocenters. The van der Waals surface area contributed by atoms with Gasteiger partial charge in [-0.2, -0.15) is 16.8 Å². The fourth-order valence-corrected chi connectivity index (χ4v) is 8.22. The van der Waals surface area contributed by atoms with E-state index in [4.69, 9.17) is 8.37 Å². The molecule has 6 aromatic rings. The molecule has 1 aliphatic rings. The lowest BCUT2D eigenvalue weighted by Crippen LogP contribution is -2.28. The molecule has 254 valence electrons. The molecule has 0 radical (unpaired) electrons. The molecule has 0 bridgehead atoms. The maximum absolute atomic E-state index is 13.0. The van der Waals surface area contributed by atoms with Crippen LogP contribution in [0.5, 0.6) is 11.5 Å². The summed E-state index contributed by atoms with van der Waals surface area (Å²) in [5.74, 6) is 0.0408. The maximum Gasteiger partial charge on any atom is 0.339 e. The molecule has 0 aromatic heterocycles. The number of nitro benzene ring substituents is 2. The topological polar surface area (TPSA) is 173 Å². The van der Waals surface area contributed by atoms with E-state index in [-0.39, 0.29) is 32.7 Å². The van der Waals surface area contributed by atoms with Gasteiger partial charge in [0.25, 0.3) is 11.4 Å². The molecule has 0 amide bonds. The van der Waals surface area contributed by atoms with Crippen LogP contribution in [0.1, 0.15) is 22.3 Å². The Bertz CT molecular complexity index is 2360. The Hall–Kier alpha value is -6.38. The van der Waals surface area contributed by atoms with Crippen molar-refractivity contribution in [3.63, 3.8) is 0 Å². The van der Waals surface area contributed by atoms with Gasteiger partial charge in [-0.25, -0.2) is 0 Å². The number of fused-ring (bicyclic) bond motifs is 3. The minimum atomic E-state index is -4.31. The Morgan fingerprint density at radius 1 is 0.451 bits per heavy atom. The van der Waals surface area contributed by atoms with Gasteiger partial charge in [0.1, 0.15) is 21.3 Å². The van der Waals surface area contributed by atoms with Gasteiger partial charge in [0.15, 0.2) is 0 Å². The normalized spacial score (nSPS) is 13.1. The second-order valence-corrected chi connectivity index (χ2v) is 14.6. The van der Waals surface area contributed by atoms with Crippen molar-refractivity contribution in [3.05, 3.63) is 188 Å². The van der Waals surface area contributed by atoms with Crippen molar-refractivity contribution in [2.75, 3.05) is 0 Å². The van der Waals surface area contributed by atoms with Crippen molar-refractivity contribution in [1.29, 1.82) is 0 Å². The summed E-state index contributed by atoms with van der Waals surface area (Å²) < 4.78 is 62.9. The first kappa shape index (κ1) is 33.1. The first-order chi connectivity index (χ1) is 24.4. The van der Waals surface area contributed by atoms with Crippen LogP contribution in [-0.4, -0.2) is 26.7 Å². The second kappa shape index (κ2) is 12.5. The minimum absolute atomic E-state index is 0.0204. The highest BCUT2D eigenvalue weighted by Gasteiger charge is 2.46. The van der Waals surface area contributed by atoms with E-state index in [0.29, 0.717) is 0 Å². The molecule has 7 rings (SSSR count). The number of non-ortho nitro benzene ring substituents is 2. The summed E-state index contributed by atoms with van der Waals surface area (Å²) in [6.07, 6.45) is 0. The summed E-state index contributed by atoms with van der Waals surface area (Å²) in [4.78, 5) is 20.3. The van der Waals surface area contributed by atoms with Crippen LogP contribution in [0.15, 0.2) is 155 Å². The zero-order chi connectivity index (χ0) is 36.0. The van der Waals surface area contributed by atoms with Crippen molar-refractivity contribution in [1.82, 2.24) is 0 Å². The van der Waals surface area contributed by atoms with Crippen LogP contribution in [0.4, 0.5) is 11.4 Å². The van der Waals surface area contributed by atoms with E-state index in [1.165, 1.54) is 24.3 Å². The Balaban J connectivity index is 1.27. The number of rotatable bonds is 10. The first-order valence-electron chi connectivity index (χ1n) is 15.2. The highest BCUT2D eigenvalue weighted by atomic mass is 32.2. The fraction of sp³-hybridized carbons (Fsp3) is 0.0270. The van der Waals surface area contributed by atoms with E-state index in [0.717, 1.165) is 81.9 Å². The average Bonchev–Trinajstić information content (AvgIpc) is 3.43. The van der Waals surface area contributed by atoms with Gasteiger partial charge in [0.05, 0.1) is 15.3 Å². The molecule has 0 saturated carbocycles. The molecule has 6 aromatic carbocycles. The summed E-state index contributed by atoms with van der Waals surface area (Å²) in [6.45, 7) is 0. The Kier molecular flexibility index (Phi) is 8.12. The van der Waals surface area contributed by atoms with Crippen molar-refractivity contribution < 1.29 is 35.0 Å². The van der Waals surface area contributed by atoms with Crippen molar-refractivity contribution in [2.24, 2.45) is 0 Å². The van der Waals surface area contributed by atoms with Crippen LogP contribution in [0.3, 0.4) is 0 Å². The average molecular weight is 721 g/mol. The van der Waals surface area contributed by atoms with E-state index in [9.17, 15) is 37.1 Å². The maximum atomic E-state index is 13.0. The van der Waals surface area contributed by atoms with Crippen LogP contribution >= 0.6 is 0 Å². The van der Waals surface area contributed by atoms with Gasteiger partial charge in [-0.05, 0) is 81.9 Å². The van der Waals surface area contributed by atoms with Gasteiger partial charge in [-0.3, -0.25) is 20.2 Å². The van der Waals surface area contributed by atoms with Gasteiger partial charge in [0, 0.05) is 24.3 Å².